The monoisotopic (exact) mass is 448 g/mol. The number of nitrogens with one attached hydrogen (secondary N) is 2. The van der Waals surface area contributed by atoms with E-state index in [1.54, 1.807) is 18.0 Å². The number of carbonyl (C=O) groups is 1. The lowest BCUT2D eigenvalue weighted by Crippen LogP contribution is -2.30. The summed E-state index contributed by atoms with van der Waals surface area (Å²) in [5.74, 6) is 2.06. The number of rotatable bonds is 8. The Morgan fingerprint density at radius 2 is 2.09 bits per heavy atom. The van der Waals surface area contributed by atoms with E-state index in [-0.39, 0.29) is 18.0 Å². The van der Waals surface area contributed by atoms with Gasteiger partial charge in [0.25, 0.3) is 5.91 Å². The molecule has 1 fully saturated rings. The maximum absolute atomic E-state index is 13.6. The highest BCUT2D eigenvalue weighted by molar-refractivity contribution is 7.98. The first-order chi connectivity index (χ1) is 15.5. The number of para-hydroxylation sites is 2. The van der Waals surface area contributed by atoms with Crippen molar-refractivity contribution in [1.82, 2.24) is 30.0 Å². The summed E-state index contributed by atoms with van der Waals surface area (Å²) in [5, 5.41) is 8.58. The van der Waals surface area contributed by atoms with Gasteiger partial charge in [-0.2, -0.15) is 16.9 Å². The fraction of sp³-hybridized carbons (Fsp3) is 0.417. The quantitative estimate of drug-likeness (QED) is 0.396. The summed E-state index contributed by atoms with van der Waals surface area (Å²) in [6, 6.07) is 9.89. The predicted octanol–water partition coefficient (Wildman–Crippen LogP) is 4.99. The standard InChI is InChI=1S/C24H28N6OS/c1-14(2)30-23-17(13-25-30)16(12-21(28-23)15-8-9-15)24(31)29-20(10-11-32-3)22-26-18-6-4-5-7-19(18)27-22/h4-7,12-15,20H,8-11H2,1-3H3,(H,26,27)(H,29,31). The van der Waals surface area contributed by atoms with Crippen LogP contribution in [0.5, 0.6) is 0 Å². The van der Waals surface area contributed by atoms with E-state index in [2.05, 4.69) is 35.5 Å². The molecule has 166 valence electrons. The third kappa shape index (κ3) is 3.99. The molecule has 0 radical (unpaired) electrons. The number of carbonyl (C=O) groups excluding carboxylic acids is 1. The lowest BCUT2D eigenvalue weighted by atomic mass is 10.1. The van der Waals surface area contributed by atoms with Crippen molar-refractivity contribution in [2.24, 2.45) is 0 Å². The number of aromatic amines is 1. The van der Waals surface area contributed by atoms with Crippen molar-refractivity contribution in [2.75, 3.05) is 12.0 Å². The van der Waals surface area contributed by atoms with Crippen molar-refractivity contribution in [2.45, 2.75) is 51.1 Å². The molecule has 0 spiro atoms. The first kappa shape index (κ1) is 21.0. The predicted molar refractivity (Wildman–Crippen MR) is 129 cm³/mol. The highest BCUT2D eigenvalue weighted by Gasteiger charge is 2.29. The van der Waals surface area contributed by atoms with Crippen molar-refractivity contribution in [1.29, 1.82) is 0 Å². The maximum atomic E-state index is 13.6. The fourth-order valence-corrected chi connectivity index (χ4v) is 4.55. The molecular weight excluding hydrogens is 420 g/mol. The number of amides is 1. The molecule has 3 aromatic heterocycles. The normalized spacial score (nSPS) is 15.0. The topological polar surface area (TPSA) is 88.5 Å². The van der Waals surface area contributed by atoms with Crippen molar-refractivity contribution in [3.05, 3.63) is 53.6 Å². The molecule has 1 aliphatic carbocycles. The second-order valence-corrected chi connectivity index (χ2v) is 9.72. The van der Waals surface area contributed by atoms with Crippen LogP contribution in [0.4, 0.5) is 0 Å². The van der Waals surface area contributed by atoms with Crippen LogP contribution in [-0.2, 0) is 0 Å². The zero-order chi connectivity index (χ0) is 22.2. The van der Waals surface area contributed by atoms with E-state index in [0.29, 0.717) is 11.5 Å². The van der Waals surface area contributed by atoms with E-state index >= 15 is 0 Å². The molecular formula is C24H28N6OS. The SMILES string of the molecule is CSCCC(NC(=O)c1cc(C2CC2)nc2c1cnn2C(C)C)c1nc2ccccc2[nH]1. The molecule has 32 heavy (non-hydrogen) atoms. The first-order valence-electron chi connectivity index (χ1n) is 11.2. The van der Waals surface area contributed by atoms with Gasteiger partial charge in [0.05, 0.1) is 34.2 Å². The fourth-order valence-electron chi connectivity index (χ4n) is 4.08. The van der Waals surface area contributed by atoms with Crippen molar-refractivity contribution in [3.63, 3.8) is 0 Å². The summed E-state index contributed by atoms with van der Waals surface area (Å²) in [6.07, 6.45) is 6.90. The highest BCUT2D eigenvalue weighted by Crippen LogP contribution is 2.40. The maximum Gasteiger partial charge on any atom is 0.252 e. The number of pyridine rings is 1. The zero-order valence-electron chi connectivity index (χ0n) is 18.6. The summed E-state index contributed by atoms with van der Waals surface area (Å²) in [7, 11) is 0. The Bertz CT molecular complexity index is 1240. The molecule has 1 atom stereocenters. The largest absolute Gasteiger partial charge is 0.342 e. The first-order valence-corrected chi connectivity index (χ1v) is 12.6. The number of H-pyrrole nitrogens is 1. The van der Waals surface area contributed by atoms with Crippen LogP contribution in [0.1, 0.15) is 73.0 Å². The van der Waals surface area contributed by atoms with Gasteiger partial charge >= 0.3 is 0 Å². The molecule has 1 amide bonds. The molecule has 0 bridgehead atoms. The molecule has 0 aliphatic heterocycles. The van der Waals surface area contributed by atoms with E-state index in [9.17, 15) is 4.79 Å². The summed E-state index contributed by atoms with van der Waals surface area (Å²) in [6.45, 7) is 4.16. The van der Waals surface area contributed by atoms with Crippen LogP contribution >= 0.6 is 11.8 Å². The molecule has 1 saturated carbocycles. The number of aromatic nitrogens is 5. The summed E-state index contributed by atoms with van der Waals surface area (Å²) in [4.78, 5) is 26.6. The van der Waals surface area contributed by atoms with Gasteiger partial charge in [0.15, 0.2) is 5.65 Å². The summed E-state index contributed by atoms with van der Waals surface area (Å²) < 4.78 is 1.91. The third-order valence-electron chi connectivity index (χ3n) is 5.97. The van der Waals surface area contributed by atoms with Crippen LogP contribution < -0.4 is 5.32 Å². The van der Waals surface area contributed by atoms with E-state index in [0.717, 1.165) is 58.6 Å². The number of nitrogens with zero attached hydrogens (tertiary/aromatic N) is 4. The van der Waals surface area contributed by atoms with Crippen LogP contribution in [0, 0.1) is 0 Å². The number of imidazole rings is 1. The Kier molecular flexibility index (Phi) is 5.63. The van der Waals surface area contributed by atoms with Crippen molar-refractivity contribution < 1.29 is 4.79 Å². The van der Waals surface area contributed by atoms with Crippen LogP contribution in [0.2, 0.25) is 0 Å². The number of fused-ring (bicyclic) bond motifs is 2. The van der Waals surface area contributed by atoms with Crippen LogP contribution in [0.25, 0.3) is 22.1 Å². The molecule has 1 unspecified atom stereocenters. The molecule has 1 aliphatic rings. The summed E-state index contributed by atoms with van der Waals surface area (Å²) >= 11 is 1.76. The third-order valence-corrected chi connectivity index (χ3v) is 6.61. The minimum atomic E-state index is -0.199. The van der Waals surface area contributed by atoms with Gasteiger partial charge < -0.3 is 10.3 Å². The van der Waals surface area contributed by atoms with Gasteiger partial charge in [0, 0.05) is 17.7 Å². The van der Waals surface area contributed by atoms with Gasteiger partial charge in [-0.3, -0.25) is 4.79 Å². The molecule has 4 aromatic rings. The lowest BCUT2D eigenvalue weighted by molar-refractivity contribution is 0.0935. The van der Waals surface area contributed by atoms with E-state index in [1.165, 1.54) is 0 Å². The molecule has 8 heteroatoms. The Morgan fingerprint density at radius 3 is 2.81 bits per heavy atom. The highest BCUT2D eigenvalue weighted by atomic mass is 32.2. The van der Waals surface area contributed by atoms with Gasteiger partial charge in [0.2, 0.25) is 0 Å². The Labute approximate surface area is 191 Å². The molecule has 5 rings (SSSR count). The summed E-state index contributed by atoms with van der Waals surface area (Å²) in [5.41, 5.74) is 4.32. The number of hydrogen-bond donors (Lipinski definition) is 2. The van der Waals surface area contributed by atoms with Gasteiger partial charge in [-0.1, -0.05) is 12.1 Å². The van der Waals surface area contributed by atoms with E-state index < -0.39 is 0 Å². The molecule has 7 nitrogen and oxygen atoms in total. The van der Waals surface area contributed by atoms with E-state index in [4.69, 9.17) is 9.97 Å². The second-order valence-electron chi connectivity index (χ2n) is 8.74. The number of hydrogen-bond acceptors (Lipinski definition) is 5. The van der Waals surface area contributed by atoms with Gasteiger partial charge in [0.1, 0.15) is 5.82 Å². The average Bonchev–Trinajstić information content (AvgIpc) is 3.40. The lowest BCUT2D eigenvalue weighted by Gasteiger charge is -2.17. The Balaban J connectivity index is 1.51. The number of thioether (sulfide) groups is 1. The Hall–Kier alpha value is -2.87. The van der Waals surface area contributed by atoms with E-state index in [1.807, 2.05) is 35.0 Å². The molecule has 0 saturated heterocycles. The number of benzene rings is 1. The average molecular weight is 449 g/mol. The zero-order valence-corrected chi connectivity index (χ0v) is 19.4. The molecule has 3 heterocycles. The minimum absolute atomic E-state index is 0.103. The Morgan fingerprint density at radius 1 is 1.28 bits per heavy atom. The minimum Gasteiger partial charge on any atom is -0.342 e. The van der Waals surface area contributed by atoms with Crippen molar-refractivity contribution >= 4 is 39.7 Å². The van der Waals surface area contributed by atoms with Crippen LogP contribution in [0.3, 0.4) is 0 Å². The molecule has 2 N–H and O–H groups in total. The van der Waals surface area contributed by atoms with Crippen LogP contribution in [-0.4, -0.2) is 42.6 Å². The van der Waals surface area contributed by atoms with Gasteiger partial charge in [-0.05, 0) is 63.3 Å². The second kappa shape index (κ2) is 8.58. The van der Waals surface area contributed by atoms with Gasteiger partial charge in [-0.15, -0.1) is 0 Å². The van der Waals surface area contributed by atoms with Crippen molar-refractivity contribution in [3.8, 4) is 0 Å². The smallest absolute Gasteiger partial charge is 0.252 e. The van der Waals surface area contributed by atoms with Crippen LogP contribution in [0.15, 0.2) is 36.5 Å². The molecule has 1 aromatic carbocycles. The van der Waals surface area contributed by atoms with Gasteiger partial charge in [-0.25, -0.2) is 14.6 Å².